The monoisotopic (exact) mass is 254 g/mol. The zero-order chi connectivity index (χ0) is 13.0. The van der Waals surface area contributed by atoms with Crippen molar-refractivity contribution < 1.29 is 4.79 Å². The first-order valence-electron chi connectivity index (χ1n) is 7.92. The number of aryl methyl sites for hydroxylation is 1. The number of ketones is 1. The quantitative estimate of drug-likeness (QED) is 0.739. The molecule has 4 atom stereocenters. The molecule has 3 aliphatic rings. The third-order valence-corrected chi connectivity index (χ3v) is 5.79. The third-order valence-electron chi connectivity index (χ3n) is 5.79. The summed E-state index contributed by atoms with van der Waals surface area (Å²) in [6, 6.07) is 8.38. The topological polar surface area (TPSA) is 17.1 Å². The molecule has 0 spiro atoms. The van der Waals surface area contributed by atoms with E-state index in [0.29, 0.717) is 11.7 Å². The van der Waals surface area contributed by atoms with E-state index >= 15 is 0 Å². The number of carbonyl (C=O) groups excluding carboxylic acids is 1. The van der Waals surface area contributed by atoms with Gasteiger partial charge in [0.15, 0.2) is 5.78 Å². The smallest absolute Gasteiger partial charge is 0.166 e. The first kappa shape index (κ1) is 11.7. The Morgan fingerprint density at radius 3 is 2.63 bits per heavy atom. The minimum Gasteiger partial charge on any atom is -0.294 e. The summed E-state index contributed by atoms with van der Waals surface area (Å²) in [5.74, 6) is 4.15. The van der Waals surface area contributed by atoms with Crippen molar-refractivity contribution in [2.45, 2.75) is 39.0 Å². The number of benzene rings is 1. The van der Waals surface area contributed by atoms with Gasteiger partial charge < -0.3 is 0 Å². The van der Waals surface area contributed by atoms with Crippen LogP contribution in [-0.4, -0.2) is 5.78 Å². The van der Waals surface area contributed by atoms with Gasteiger partial charge in [-0.25, -0.2) is 0 Å². The summed E-state index contributed by atoms with van der Waals surface area (Å²) in [5, 5.41) is 0. The normalized spacial score (nSPS) is 38.3. The van der Waals surface area contributed by atoms with Gasteiger partial charge in [0.1, 0.15) is 0 Å². The molecule has 0 aliphatic heterocycles. The number of carbonyl (C=O) groups is 1. The van der Waals surface area contributed by atoms with Gasteiger partial charge in [0.05, 0.1) is 0 Å². The van der Waals surface area contributed by atoms with Crippen LogP contribution >= 0.6 is 0 Å². The molecule has 0 heterocycles. The second-order valence-corrected chi connectivity index (χ2v) is 6.83. The Kier molecular flexibility index (Phi) is 2.58. The van der Waals surface area contributed by atoms with Crippen LogP contribution in [0.15, 0.2) is 24.3 Å². The van der Waals surface area contributed by atoms with Gasteiger partial charge in [-0.15, -0.1) is 0 Å². The molecule has 3 aliphatic carbocycles. The third kappa shape index (κ3) is 1.70. The minimum absolute atomic E-state index is 0.392. The molecule has 2 bridgehead atoms. The summed E-state index contributed by atoms with van der Waals surface area (Å²) >= 11 is 0. The molecule has 0 N–H and O–H groups in total. The van der Waals surface area contributed by atoms with Crippen LogP contribution in [0.3, 0.4) is 0 Å². The van der Waals surface area contributed by atoms with Crippen molar-refractivity contribution in [1.82, 2.24) is 0 Å². The van der Waals surface area contributed by atoms with Crippen LogP contribution in [0, 0.1) is 29.6 Å². The highest BCUT2D eigenvalue weighted by atomic mass is 16.1. The van der Waals surface area contributed by atoms with Gasteiger partial charge in [-0.3, -0.25) is 4.79 Å². The summed E-state index contributed by atoms with van der Waals surface area (Å²) in [6.07, 6.45) is 6.45. The zero-order valence-electron chi connectivity index (χ0n) is 11.6. The Labute approximate surface area is 115 Å². The van der Waals surface area contributed by atoms with E-state index in [2.05, 4.69) is 25.1 Å². The lowest BCUT2D eigenvalue weighted by molar-refractivity contribution is 0.0944. The average molecular weight is 254 g/mol. The summed E-state index contributed by atoms with van der Waals surface area (Å²) < 4.78 is 0. The molecule has 3 saturated carbocycles. The fourth-order valence-corrected chi connectivity index (χ4v) is 5.04. The van der Waals surface area contributed by atoms with E-state index < -0.39 is 0 Å². The van der Waals surface area contributed by atoms with E-state index in [1.54, 1.807) is 0 Å². The predicted octanol–water partition coefficient (Wildman–Crippen LogP) is 4.11. The largest absolute Gasteiger partial charge is 0.294 e. The second-order valence-electron chi connectivity index (χ2n) is 6.83. The highest BCUT2D eigenvalue weighted by Gasteiger charge is 2.67. The van der Waals surface area contributed by atoms with Crippen molar-refractivity contribution in [2.75, 3.05) is 0 Å². The maximum absolute atomic E-state index is 12.7. The van der Waals surface area contributed by atoms with Gasteiger partial charge >= 0.3 is 0 Å². The van der Waals surface area contributed by atoms with Crippen molar-refractivity contribution in [1.29, 1.82) is 0 Å². The molecule has 1 nitrogen and oxygen atoms in total. The number of hydrogen-bond donors (Lipinski definition) is 0. The first-order valence-corrected chi connectivity index (χ1v) is 7.92. The van der Waals surface area contributed by atoms with E-state index in [0.717, 1.165) is 42.1 Å². The molecule has 3 fully saturated rings. The van der Waals surface area contributed by atoms with Crippen molar-refractivity contribution in [3.8, 4) is 0 Å². The Balaban J connectivity index is 1.54. The average Bonchev–Trinajstić information content (AvgIpc) is 2.86. The molecule has 0 amide bonds. The van der Waals surface area contributed by atoms with Gasteiger partial charge in [-0.2, -0.15) is 0 Å². The van der Waals surface area contributed by atoms with E-state index in [4.69, 9.17) is 0 Å². The van der Waals surface area contributed by atoms with Crippen LogP contribution in [0.1, 0.15) is 48.5 Å². The Hall–Kier alpha value is -1.11. The molecule has 4 unspecified atom stereocenters. The Morgan fingerprint density at radius 2 is 1.95 bits per heavy atom. The van der Waals surface area contributed by atoms with E-state index in [-0.39, 0.29) is 0 Å². The Morgan fingerprint density at radius 1 is 1.21 bits per heavy atom. The SMILES string of the molecule is CCCc1cccc(C(=O)C2C3C4CCC(C4)C23)c1. The first-order chi connectivity index (χ1) is 9.29. The van der Waals surface area contributed by atoms with Crippen molar-refractivity contribution in [2.24, 2.45) is 29.6 Å². The molecule has 1 aromatic carbocycles. The molecule has 19 heavy (non-hydrogen) atoms. The van der Waals surface area contributed by atoms with Crippen LogP contribution < -0.4 is 0 Å². The summed E-state index contributed by atoms with van der Waals surface area (Å²) in [6.45, 7) is 2.19. The summed E-state index contributed by atoms with van der Waals surface area (Å²) in [4.78, 5) is 12.7. The lowest BCUT2D eigenvalue weighted by atomic mass is 9.95. The molecule has 100 valence electrons. The molecular formula is C18H22O. The highest BCUT2D eigenvalue weighted by Crippen LogP contribution is 2.69. The van der Waals surface area contributed by atoms with Crippen LogP contribution in [0.25, 0.3) is 0 Å². The van der Waals surface area contributed by atoms with E-state index in [9.17, 15) is 4.79 Å². The van der Waals surface area contributed by atoms with Gasteiger partial charge in [0.2, 0.25) is 0 Å². The number of fused-ring (bicyclic) bond motifs is 5. The lowest BCUT2D eigenvalue weighted by Gasteiger charge is -2.08. The molecule has 4 rings (SSSR count). The highest BCUT2D eigenvalue weighted by molar-refractivity contribution is 6.00. The maximum atomic E-state index is 12.7. The fraction of sp³-hybridized carbons (Fsp3) is 0.611. The predicted molar refractivity (Wildman–Crippen MR) is 76.1 cm³/mol. The van der Waals surface area contributed by atoms with Crippen LogP contribution in [-0.2, 0) is 6.42 Å². The standard InChI is InChI=1S/C18H22O/c1-2-4-11-5-3-6-14(9-11)18(19)17-15-12-7-8-13(10-12)16(15)17/h3,5-6,9,12-13,15-17H,2,4,7-8,10H2,1H3. The van der Waals surface area contributed by atoms with Crippen LogP contribution in [0.2, 0.25) is 0 Å². The fourth-order valence-electron chi connectivity index (χ4n) is 5.04. The van der Waals surface area contributed by atoms with Crippen LogP contribution in [0.4, 0.5) is 0 Å². The summed E-state index contributed by atoms with van der Waals surface area (Å²) in [7, 11) is 0. The molecule has 0 radical (unpaired) electrons. The number of Topliss-reactive ketones (excluding diaryl/α,β-unsaturated/α-hetero) is 1. The minimum atomic E-state index is 0.392. The maximum Gasteiger partial charge on any atom is 0.166 e. The van der Waals surface area contributed by atoms with Crippen molar-refractivity contribution >= 4 is 5.78 Å². The van der Waals surface area contributed by atoms with E-state index in [1.165, 1.54) is 24.8 Å². The summed E-state index contributed by atoms with van der Waals surface area (Å²) in [5.41, 5.74) is 2.30. The molecule has 1 aromatic rings. The second kappa shape index (κ2) is 4.19. The van der Waals surface area contributed by atoms with Crippen molar-refractivity contribution in [3.63, 3.8) is 0 Å². The zero-order valence-corrected chi connectivity index (χ0v) is 11.6. The molecule has 0 aromatic heterocycles. The van der Waals surface area contributed by atoms with Gasteiger partial charge in [-0.05, 0) is 61.0 Å². The van der Waals surface area contributed by atoms with Gasteiger partial charge in [0, 0.05) is 11.5 Å². The Bertz CT molecular complexity index is 502. The molecule has 0 saturated heterocycles. The van der Waals surface area contributed by atoms with Crippen LogP contribution in [0.5, 0.6) is 0 Å². The number of hydrogen-bond acceptors (Lipinski definition) is 1. The van der Waals surface area contributed by atoms with Gasteiger partial charge in [0.25, 0.3) is 0 Å². The molecule has 1 heteroatoms. The van der Waals surface area contributed by atoms with Crippen molar-refractivity contribution in [3.05, 3.63) is 35.4 Å². The lowest BCUT2D eigenvalue weighted by Crippen LogP contribution is -2.10. The number of rotatable bonds is 4. The van der Waals surface area contributed by atoms with E-state index in [1.807, 2.05) is 6.07 Å². The van der Waals surface area contributed by atoms with Gasteiger partial charge in [-0.1, -0.05) is 31.5 Å². The molecular weight excluding hydrogens is 232 g/mol.